The minimum atomic E-state index is 0.0468. The lowest BCUT2D eigenvalue weighted by Crippen LogP contribution is -2.46. The second kappa shape index (κ2) is 11.5. The molecular formula is C28H34N8O2. The summed E-state index contributed by atoms with van der Waals surface area (Å²) in [4.78, 5) is 22.3. The van der Waals surface area contributed by atoms with Gasteiger partial charge in [0.25, 0.3) is 0 Å². The number of hydrogen-bond donors (Lipinski definition) is 0. The third-order valence-corrected chi connectivity index (χ3v) is 6.74. The molecule has 0 N–H and O–H groups in total. The normalized spacial score (nSPS) is 19.1. The van der Waals surface area contributed by atoms with Crippen molar-refractivity contribution in [1.82, 2.24) is 24.8 Å². The molecule has 10 nitrogen and oxygen atoms in total. The number of rotatable bonds is 7. The number of anilines is 2. The molecule has 2 aliphatic rings. The van der Waals surface area contributed by atoms with Crippen LogP contribution < -0.4 is 14.5 Å². The Bertz CT molecular complexity index is 1330. The molecule has 3 aromatic rings. The van der Waals surface area contributed by atoms with Gasteiger partial charge in [-0.1, -0.05) is 0 Å². The molecule has 2 fully saturated rings. The Labute approximate surface area is 223 Å². The van der Waals surface area contributed by atoms with Crippen molar-refractivity contribution in [1.29, 1.82) is 5.26 Å². The van der Waals surface area contributed by atoms with E-state index in [-0.39, 0.29) is 6.10 Å². The lowest BCUT2D eigenvalue weighted by atomic mass is 10.1. The maximum atomic E-state index is 9.50. The van der Waals surface area contributed by atoms with Crippen molar-refractivity contribution in [2.24, 2.45) is 0 Å². The second-order valence-corrected chi connectivity index (χ2v) is 9.92. The standard InChI is InChI=1S/C28H34N8O2/c1-21-18-36(25-7-6-22(17-29)27-24(25)5-4-9-30-27)20-23(38-21)19-34-11-13-35(14-12-34)26-8-10-31-28(32-26)37-16-15-33(2)3/h4-10,19,21H,11-16,18,20H2,1-3H3/b23-19+/t21-/m1/s1. The number of likely N-dealkylation sites (N-methyl/N-ethyl adjacent to an activating group) is 1. The third-order valence-electron chi connectivity index (χ3n) is 6.74. The number of ether oxygens (including phenoxy) is 2. The molecule has 198 valence electrons. The third kappa shape index (κ3) is 5.89. The summed E-state index contributed by atoms with van der Waals surface area (Å²) in [5, 5.41) is 10.5. The van der Waals surface area contributed by atoms with Crippen LogP contribution in [0.5, 0.6) is 6.01 Å². The Morgan fingerprint density at radius 2 is 1.95 bits per heavy atom. The maximum absolute atomic E-state index is 9.50. The summed E-state index contributed by atoms with van der Waals surface area (Å²) < 4.78 is 11.9. The van der Waals surface area contributed by atoms with Gasteiger partial charge in [0.05, 0.1) is 24.2 Å². The SMILES string of the molecule is C[C@@H]1CN(c2ccc(C#N)c3ncccc23)C/C(=C\N2CCN(c3ccnc(OCCN(C)C)n3)CC2)O1. The number of fused-ring (bicyclic) bond motifs is 1. The van der Waals surface area contributed by atoms with Gasteiger partial charge in [-0.2, -0.15) is 10.2 Å². The van der Waals surface area contributed by atoms with Crippen LogP contribution >= 0.6 is 0 Å². The topological polar surface area (TPSA) is 93.9 Å². The summed E-state index contributed by atoms with van der Waals surface area (Å²) in [5.74, 6) is 1.83. The Morgan fingerprint density at radius 3 is 2.74 bits per heavy atom. The van der Waals surface area contributed by atoms with Gasteiger partial charge in [-0.3, -0.25) is 4.98 Å². The average Bonchev–Trinajstić information content (AvgIpc) is 2.92. The molecule has 5 rings (SSSR count). The number of pyridine rings is 1. The first-order valence-corrected chi connectivity index (χ1v) is 13.0. The highest BCUT2D eigenvalue weighted by atomic mass is 16.5. The molecule has 0 aliphatic carbocycles. The molecule has 1 atom stereocenters. The van der Waals surface area contributed by atoms with Crippen molar-refractivity contribution in [3.05, 3.63) is 60.2 Å². The zero-order valence-electron chi connectivity index (χ0n) is 22.2. The van der Waals surface area contributed by atoms with Crippen LogP contribution in [-0.4, -0.2) is 97.4 Å². The second-order valence-electron chi connectivity index (χ2n) is 9.92. The van der Waals surface area contributed by atoms with Crippen LogP contribution in [-0.2, 0) is 4.74 Å². The van der Waals surface area contributed by atoms with Gasteiger partial charge in [-0.05, 0) is 51.4 Å². The van der Waals surface area contributed by atoms with Gasteiger partial charge >= 0.3 is 6.01 Å². The summed E-state index contributed by atoms with van der Waals surface area (Å²) in [6.45, 7) is 8.34. The summed E-state index contributed by atoms with van der Waals surface area (Å²) in [6.07, 6.45) is 5.70. The van der Waals surface area contributed by atoms with Gasteiger partial charge in [0.15, 0.2) is 0 Å². The van der Waals surface area contributed by atoms with E-state index in [0.29, 0.717) is 24.7 Å². The smallest absolute Gasteiger partial charge is 0.318 e. The molecule has 2 aromatic heterocycles. The first-order chi connectivity index (χ1) is 18.5. The molecule has 0 amide bonds. The van der Waals surface area contributed by atoms with Crippen LogP contribution in [0.3, 0.4) is 0 Å². The van der Waals surface area contributed by atoms with E-state index in [1.807, 2.05) is 44.4 Å². The molecule has 0 unspecified atom stereocenters. The zero-order chi connectivity index (χ0) is 26.5. The first-order valence-electron chi connectivity index (χ1n) is 13.0. The summed E-state index contributed by atoms with van der Waals surface area (Å²) in [5.41, 5.74) is 2.41. The molecule has 0 radical (unpaired) electrons. The van der Waals surface area contributed by atoms with Crippen LogP contribution in [0.2, 0.25) is 0 Å². The number of hydrogen-bond acceptors (Lipinski definition) is 10. The fourth-order valence-corrected chi connectivity index (χ4v) is 4.86. The van der Waals surface area contributed by atoms with Crippen molar-refractivity contribution in [2.45, 2.75) is 13.0 Å². The van der Waals surface area contributed by atoms with Gasteiger partial charge in [-0.15, -0.1) is 0 Å². The number of aromatic nitrogens is 3. The Morgan fingerprint density at radius 1 is 1.11 bits per heavy atom. The molecule has 0 spiro atoms. The van der Waals surface area contributed by atoms with Crippen LogP contribution in [0.4, 0.5) is 11.5 Å². The van der Waals surface area contributed by atoms with Crippen LogP contribution in [0.1, 0.15) is 12.5 Å². The van der Waals surface area contributed by atoms with E-state index in [2.05, 4.69) is 53.7 Å². The van der Waals surface area contributed by atoms with Gasteiger partial charge < -0.3 is 29.1 Å². The summed E-state index contributed by atoms with van der Waals surface area (Å²) in [6, 6.07) is 12.5. The van der Waals surface area contributed by atoms with E-state index in [1.54, 1.807) is 12.4 Å². The number of benzene rings is 1. The van der Waals surface area contributed by atoms with Gasteiger partial charge in [0, 0.05) is 62.4 Å². The fraction of sp³-hybridized carbons (Fsp3) is 0.429. The fourth-order valence-electron chi connectivity index (χ4n) is 4.86. The lowest BCUT2D eigenvalue weighted by Gasteiger charge is -2.38. The van der Waals surface area contributed by atoms with Crippen molar-refractivity contribution >= 4 is 22.4 Å². The van der Waals surface area contributed by atoms with Crippen molar-refractivity contribution in [2.75, 3.05) is 76.3 Å². The van der Waals surface area contributed by atoms with E-state index in [1.165, 1.54) is 0 Å². The van der Waals surface area contributed by atoms with Gasteiger partial charge in [0.2, 0.25) is 0 Å². The predicted molar refractivity (Wildman–Crippen MR) is 147 cm³/mol. The highest BCUT2D eigenvalue weighted by Gasteiger charge is 2.25. The lowest BCUT2D eigenvalue weighted by molar-refractivity contribution is 0.107. The zero-order valence-corrected chi connectivity index (χ0v) is 22.2. The van der Waals surface area contributed by atoms with Crippen LogP contribution in [0, 0.1) is 11.3 Å². The molecule has 10 heteroatoms. The van der Waals surface area contributed by atoms with Crippen molar-refractivity contribution in [3.8, 4) is 12.1 Å². The van der Waals surface area contributed by atoms with Crippen LogP contribution in [0.25, 0.3) is 10.9 Å². The Hall–Kier alpha value is -4.10. The van der Waals surface area contributed by atoms with Crippen molar-refractivity contribution in [3.63, 3.8) is 0 Å². The number of nitrogens with zero attached hydrogens (tertiary/aromatic N) is 8. The van der Waals surface area contributed by atoms with Gasteiger partial charge in [-0.25, -0.2) is 4.98 Å². The monoisotopic (exact) mass is 514 g/mol. The molecule has 1 aromatic carbocycles. The largest absolute Gasteiger partial charge is 0.490 e. The Balaban J connectivity index is 1.24. The molecule has 38 heavy (non-hydrogen) atoms. The molecule has 2 aliphatic heterocycles. The van der Waals surface area contributed by atoms with E-state index in [4.69, 9.17) is 9.47 Å². The van der Waals surface area contributed by atoms with Crippen LogP contribution in [0.15, 0.2) is 54.7 Å². The molecule has 2 saturated heterocycles. The quantitative estimate of drug-likeness (QED) is 0.468. The first kappa shape index (κ1) is 25.5. The number of nitriles is 1. The molecule has 0 bridgehead atoms. The molecule has 0 saturated carbocycles. The highest BCUT2D eigenvalue weighted by molar-refractivity contribution is 5.95. The molecule has 4 heterocycles. The van der Waals surface area contributed by atoms with E-state index in [9.17, 15) is 5.26 Å². The maximum Gasteiger partial charge on any atom is 0.318 e. The van der Waals surface area contributed by atoms with E-state index >= 15 is 0 Å². The molecular weight excluding hydrogens is 480 g/mol. The van der Waals surface area contributed by atoms with Crippen molar-refractivity contribution < 1.29 is 9.47 Å². The minimum absolute atomic E-state index is 0.0468. The number of piperazine rings is 1. The van der Waals surface area contributed by atoms with E-state index < -0.39 is 0 Å². The number of morpholine rings is 1. The predicted octanol–water partition coefficient (Wildman–Crippen LogP) is 2.73. The summed E-state index contributed by atoms with van der Waals surface area (Å²) >= 11 is 0. The average molecular weight is 515 g/mol. The Kier molecular flexibility index (Phi) is 7.75. The van der Waals surface area contributed by atoms with E-state index in [0.717, 1.165) is 67.4 Å². The minimum Gasteiger partial charge on any atom is -0.490 e. The van der Waals surface area contributed by atoms with Gasteiger partial charge in [0.1, 0.15) is 30.4 Å². The highest BCUT2D eigenvalue weighted by Crippen LogP contribution is 2.31. The summed E-state index contributed by atoms with van der Waals surface area (Å²) in [7, 11) is 4.02.